The van der Waals surface area contributed by atoms with Gasteiger partial charge in [-0.1, -0.05) is 6.08 Å². The molecule has 0 N–H and O–H groups in total. The predicted molar refractivity (Wildman–Crippen MR) is 88.4 cm³/mol. The Bertz CT molecular complexity index is 811. The third-order valence-electron chi connectivity index (χ3n) is 3.93. The first kappa shape index (κ1) is 15.5. The van der Waals surface area contributed by atoms with Crippen molar-refractivity contribution in [2.24, 2.45) is 7.05 Å². The van der Waals surface area contributed by atoms with Crippen LogP contribution in [0.25, 0.3) is 5.57 Å². The van der Waals surface area contributed by atoms with E-state index in [2.05, 4.69) is 11.2 Å². The van der Waals surface area contributed by atoms with Crippen LogP contribution in [0.5, 0.6) is 0 Å². The number of nitrogens with zero attached hydrogens (tertiary/aromatic N) is 3. The maximum atomic E-state index is 12.8. The fourth-order valence-electron chi connectivity index (χ4n) is 2.51. The lowest BCUT2D eigenvalue weighted by Crippen LogP contribution is -2.35. The van der Waals surface area contributed by atoms with Crippen molar-refractivity contribution in [3.8, 4) is 0 Å². The van der Waals surface area contributed by atoms with Crippen molar-refractivity contribution in [1.82, 2.24) is 14.1 Å². The molecule has 0 aromatic carbocycles. The number of hydrogen-bond donors (Lipinski definition) is 0. The van der Waals surface area contributed by atoms with Crippen LogP contribution in [0.3, 0.4) is 0 Å². The van der Waals surface area contributed by atoms with E-state index in [9.17, 15) is 8.42 Å². The molecule has 0 radical (unpaired) electrons. The lowest BCUT2D eigenvalue weighted by atomic mass is 10.1. The van der Waals surface area contributed by atoms with Crippen LogP contribution in [-0.2, 0) is 17.1 Å². The highest BCUT2D eigenvalue weighted by Crippen LogP contribution is 2.30. The second-order valence-electron chi connectivity index (χ2n) is 5.56. The molecule has 3 rings (SSSR count). The molecule has 1 aliphatic heterocycles. The molecule has 2 aromatic rings. The molecular weight excluding hydrogens is 318 g/mol. The van der Waals surface area contributed by atoms with Gasteiger partial charge in [0.2, 0.25) is 0 Å². The van der Waals surface area contributed by atoms with E-state index in [-0.39, 0.29) is 0 Å². The van der Waals surface area contributed by atoms with Crippen LogP contribution in [0, 0.1) is 13.8 Å². The number of aromatic nitrogens is 2. The van der Waals surface area contributed by atoms with Crippen molar-refractivity contribution >= 4 is 26.9 Å². The summed E-state index contributed by atoms with van der Waals surface area (Å²) in [4.78, 5) is 1.05. The monoisotopic (exact) mass is 337 g/mol. The highest BCUT2D eigenvalue weighted by molar-refractivity contribution is 7.91. The molecule has 2 aromatic heterocycles. The minimum absolute atomic E-state index is 0.407. The van der Waals surface area contributed by atoms with E-state index >= 15 is 0 Å². The van der Waals surface area contributed by atoms with E-state index in [0.29, 0.717) is 17.3 Å². The first-order valence-corrected chi connectivity index (χ1v) is 9.39. The van der Waals surface area contributed by atoms with Crippen LogP contribution in [0.15, 0.2) is 28.7 Å². The molecule has 5 nitrogen and oxygen atoms in total. The minimum atomic E-state index is -3.41. The maximum absolute atomic E-state index is 12.8. The summed E-state index contributed by atoms with van der Waals surface area (Å²) in [6, 6.07) is 1.78. The van der Waals surface area contributed by atoms with E-state index in [1.165, 1.54) is 11.3 Å². The van der Waals surface area contributed by atoms with Gasteiger partial charge in [0.1, 0.15) is 4.21 Å². The van der Waals surface area contributed by atoms with Crippen LogP contribution in [0.2, 0.25) is 0 Å². The molecule has 0 bridgehead atoms. The molecule has 1 aliphatic rings. The van der Waals surface area contributed by atoms with E-state index in [1.54, 1.807) is 21.3 Å². The number of hydrogen-bond acceptors (Lipinski definition) is 4. The Kier molecular flexibility index (Phi) is 3.96. The molecule has 0 aliphatic carbocycles. The molecule has 0 spiro atoms. The van der Waals surface area contributed by atoms with Gasteiger partial charge in [-0.2, -0.15) is 9.40 Å². The van der Waals surface area contributed by atoms with Gasteiger partial charge in [0.25, 0.3) is 10.0 Å². The molecule has 0 fully saturated rings. The summed E-state index contributed by atoms with van der Waals surface area (Å²) in [6.45, 7) is 4.84. The van der Waals surface area contributed by atoms with Crippen molar-refractivity contribution in [2.45, 2.75) is 24.5 Å². The van der Waals surface area contributed by atoms with E-state index in [4.69, 9.17) is 0 Å². The molecule has 0 saturated heterocycles. The lowest BCUT2D eigenvalue weighted by Gasteiger charge is -2.25. The minimum Gasteiger partial charge on any atom is -0.275 e. The van der Waals surface area contributed by atoms with Crippen molar-refractivity contribution in [2.75, 3.05) is 13.1 Å². The smallest absolute Gasteiger partial charge is 0.252 e. The number of thiophene rings is 1. The average Bonchev–Trinajstić information content (AvgIpc) is 3.06. The molecule has 118 valence electrons. The highest BCUT2D eigenvalue weighted by Gasteiger charge is 2.29. The molecule has 22 heavy (non-hydrogen) atoms. The second-order valence-corrected chi connectivity index (χ2v) is 8.99. The number of sulfonamides is 1. The zero-order valence-electron chi connectivity index (χ0n) is 12.9. The van der Waals surface area contributed by atoms with E-state index < -0.39 is 10.0 Å². The zero-order valence-corrected chi connectivity index (χ0v) is 14.5. The van der Waals surface area contributed by atoms with Gasteiger partial charge >= 0.3 is 0 Å². The fourth-order valence-corrected chi connectivity index (χ4v) is 5.62. The number of rotatable bonds is 3. The summed E-state index contributed by atoms with van der Waals surface area (Å²) in [6.07, 6.45) is 6.53. The third kappa shape index (κ3) is 2.76. The average molecular weight is 337 g/mol. The molecule has 7 heteroatoms. The summed E-state index contributed by atoms with van der Waals surface area (Å²) in [5.74, 6) is 0. The van der Waals surface area contributed by atoms with E-state index in [1.807, 2.05) is 27.1 Å². The van der Waals surface area contributed by atoms with Gasteiger partial charge in [0.15, 0.2) is 0 Å². The van der Waals surface area contributed by atoms with Gasteiger partial charge in [-0.25, -0.2) is 8.42 Å². The Labute approximate surface area is 134 Å². The summed E-state index contributed by atoms with van der Waals surface area (Å²) < 4.78 is 29.4. The largest absolute Gasteiger partial charge is 0.275 e. The Morgan fingerprint density at radius 1 is 1.32 bits per heavy atom. The van der Waals surface area contributed by atoms with Crippen LogP contribution >= 0.6 is 11.3 Å². The normalized spacial score (nSPS) is 16.8. The van der Waals surface area contributed by atoms with Gasteiger partial charge in [-0.15, -0.1) is 11.3 Å². The second kappa shape index (κ2) is 5.64. The summed E-state index contributed by atoms with van der Waals surface area (Å²) in [5, 5.41) is 4.16. The van der Waals surface area contributed by atoms with Gasteiger partial charge in [-0.05, 0) is 37.5 Å². The van der Waals surface area contributed by atoms with E-state index in [0.717, 1.165) is 28.0 Å². The molecule has 0 saturated carbocycles. The summed E-state index contributed by atoms with van der Waals surface area (Å²) >= 11 is 1.35. The molecule has 0 amide bonds. The van der Waals surface area contributed by atoms with Crippen molar-refractivity contribution < 1.29 is 8.42 Å². The SMILES string of the molecule is Cc1cc(S(=O)(=O)N2CCC=C(c3cnn(C)c3)C2)sc1C. The quantitative estimate of drug-likeness (QED) is 0.865. The maximum Gasteiger partial charge on any atom is 0.252 e. The Hall–Kier alpha value is -1.44. The van der Waals surface area contributed by atoms with Crippen molar-refractivity contribution in [3.05, 3.63) is 40.5 Å². The standard InChI is InChI=1S/C15H19N3O2S2/c1-11-7-15(21-12(11)2)22(19,20)18-6-4-5-13(10-18)14-8-16-17(3)9-14/h5,7-9H,4,6,10H2,1-3H3. The zero-order chi connectivity index (χ0) is 15.9. The summed E-state index contributed by atoms with van der Waals surface area (Å²) in [5.41, 5.74) is 3.04. The molecule has 0 unspecified atom stereocenters. The Balaban J connectivity index is 1.88. The Morgan fingerprint density at radius 2 is 2.09 bits per heavy atom. The number of aryl methyl sites for hydroxylation is 3. The predicted octanol–water partition coefficient (Wildman–Crippen LogP) is 2.58. The molecule has 0 atom stereocenters. The first-order valence-electron chi connectivity index (χ1n) is 7.13. The van der Waals surface area contributed by atoms with Crippen LogP contribution in [-0.4, -0.2) is 35.6 Å². The van der Waals surface area contributed by atoms with Crippen LogP contribution in [0.4, 0.5) is 0 Å². The van der Waals surface area contributed by atoms with Crippen molar-refractivity contribution in [3.63, 3.8) is 0 Å². The third-order valence-corrected chi connectivity index (χ3v) is 7.38. The molecular formula is C15H19N3O2S2. The fraction of sp³-hybridized carbons (Fsp3) is 0.400. The van der Waals surface area contributed by atoms with Crippen molar-refractivity contribution in [1.29, 1.82) is 0 Å². The van der Waals surface area contributed by atoms with Crippen LogP contribution in [0.1, 0.15) is 22.4 Å². The topological polar surface area (TPSA) is 55.2 Å². The van der Waals surface area contributed by atoms with Gasteiger partial charge in [0.05, 0.1) is 6.20 Å². The molecule has 3 heterocycles. The Morgan fingerprint density at radius 3 is 2.68 bits per heavy atom. The van der Waals surface area contributed by atoms with Gasteiger partial charge in [0, 0.05) is 36.8 Å². The summed E-state index contributed by atoms with van der Waals surface area (Å²) in [7, 11) is -1.55. The lowest BCUT2D eigenvalue weighted by molar-refractivity contribution is 0.444. The highest BCUT2D eigenvalue weighted by atomic mass is 32.2. The first-order chi connectivity index (χ1) is 10.4. The van der Waals surface area contributed by atoms with Gasteiger partial charge < -0.3 is 0 Å². The van der Waals surface area contributed by atoms with Crippen LogP contribution < -0.4 is 0 Å². The van der Waals surface area contributed by atoms with Gasteiger partial charge in [-0.3, -0.25) is 4.68 Å².